The SMILES string of the molecule is CC(O)(CO[Si](C)(C)C(C)(C)C)c1csc(S(N)(=O)=N[Si](C)(C)C(C)(C)C)c1. The Morgan fingerprint density at radius 3 is 2.04 bits per heavy atom. The van der Waals surface area contributed by atoms with Gasteiger partial charge in [-0.05, 0) is 60.2 Å². The van der Waals surface area contributed by atoms with E-state index in [9.17, 15) is 9.32 Å². The standard InChI is InChI=1S/C19H40N2O3S2Si2/c1-17(2,3)27(8,9)21-26(20,23)16-12-15(13-25-16)19(7,22)14-24-28(10,11)18(4,5)6/h12-13,22H,14H2,1-11H3,(H2,20,21,23). The van der Waals surface area contributed by atoms with Crippen LogP contribution in [0.1, 0.15) is 54.0 Å². The van der Waals surface area contributed by atoms with E-state index in [1.807, 2.05) is 5.38 Å². The van der Waals surface area contributed by atoms with Crippen molar-refractivity contribution in [3.05, 3.63) is 17.0 Å². The lowest BCUT2D eigenvalue weighted by molar-refractivity contribution is 0.00286. The molecule has 0 amide bonds. The number of nitrogens with zero attached hydrogens (tertiary/aromatic N) is 1. The first-order valence-electron chi connectivity index (χ1n) is 9.64. The van der Waals surface area contributed by atoms with Gasteiger partial charge in [0.25, 0.3) is 0 Å². The predicted molar refractivity (Wildman–Crippen MR) is 127 cm³/mol. The maximum Gasteiger partial charge on any atom is 0.195 e. The second-order valence-corrected chi connectivity index (χ2v) is 23.9. The Morgan fingerprint density at radius 2 is 1.61 bits per heavy atom. The molecule has 0 aliphatic rings. The molecule has 2 unspecified atom stereocenters. The molecule has 1 rings (SSSR count). The summed E-state index contributed by atoms with van der Waals surface area (Å²) >= 11 is 1.30. The topological polar surface area (TPSA) is 84.9 Å². The summed E-state index contributed by atoms with van der Waals surface area (Å²) in [6.45, 7) is 23.3. The average Bonchev–Trinajstić information content (AvgIpc) is 2.93. The molecule has 28 heavy (non-hydrogen) atoms. The van der Waals surface area contributed by atoms with Gasteiger partial charge in [0.1, 0.15) is 19.7 Å². The fourth-order valence-electron chi connectivity index (χ4n) is 1.89. The molecular formula is C19H40N2O3S2Si2. The Labute approximate surface area is 178 Å². The van der Waals surface area contributed by atoms with Crippen LogP contribution in [-0.4, -0.2) is 32.5 Å². The Balaban J connectivity index is 3.16. The van der Waals surface area contributed by atoms with Crippen molar-refractivity contribution < 1.29 is 13.7 Å². The molecule has 0 spiro atoms. The minimum atomic E-state index is -3.00. The number of hydrogen-bond acceptors (Lipinski definition) is 5. The monoisotopic (exact) mass is 464 g/mol. The highest BCUT2D eigenvalue weighted by molar-refractivity contribution is 7.94. The second kappa shape index (κ2) is 7.90. The van der Waals surface area contributed by atoms with Crippen molar-refractivity contribution in [3.8, 4) is 0 Å². The van der Waals surface area contributed by atoms with E-state index < -0.39 is 32.1 Å². The van der Waals surface area contributed by atoms with Gasteiger partial charge in [-0.1, -0.05) is 41.5 Å². The van der Waals surface area contributed by atoms with Gasteiger partial charge in [-0.2, -0.15) is 0 Å². The van der Waals surface area contributed by atoms with Crippen molar-refractivity contribution in [2.24, 2.45) is 9.17 Å². The van der Waals surface area contributed by atoms with Crippen molar-refractivity contribution in [2.75, 3.05) is 6.61 Å². The highest BCUT2D eigenvalue weighted by Gasteiger charge is 2.40. The van der Waals surface area contributed by atoms with Gasteiger partial charge in [-0.25, -0.2) is 9.35 Å². The zero-order chi connectivity index (χ0) is 22.4. The molecule has 0 aromatic carbocycles. The molecular weight excluding hydrogens is 425 g/mol. The number of aliphatic hydroxyl groups is 1. The summed E-state index contributed by atoms with van der Waals surface area (Å²) in [5.74, 6) is 0. The van der Waals surface area contributed by atoms with Crippen LogP contribution in [0.2, 0.25) is 36.3 Å². The fourth-order valence-corrected chi connectivity index (χ4v) is 9.22. The van der Waals surface area contributed by atoms with E-state index in [1.54, 1.807) is 13.0 Å². The molecule has 0 fully saturated rings. The van der Waals surface area contributed by atoms with Crippen molar-refractivity contribution in [1.29, 1.82) is 0 Å². The molecule has 0 radical (unpaired) electrons. The van der Waals surface area contributed by atoms with Gasteiger partial charge in [0, 0.05) is 0 Å². The van der Waals surface area contributed by atoms with Crippen LogP contribution in [0.25, 0.3) is 0 Å². The molecule has 5 nitrogen and oxygen atoms in total. The second-order valence-electron chi connectivity index (χ2n) is 10.9. The fraction of sp³-hybridized carbons (Fsp3) is 0.789. The smallest absolute Gasteiger partial charge is 0.195 e. The molecule has 0 saturated heterocycles. The Kier molecular flexibility index (Phi) is 7.34. The number of thiophene rings is 1. The predicted octanol–water partition coefficient (Wildman–Crippen LogP) is 5.68. The lowest BCUT2D eigenvalue weighted by Crippen LogP contribution is -2.44. The van der Waals surface area contributed by atoms with Crippen molar-refractivity contribution >= 4 is 37.8 Å². The van der Waals surface area contributed by atoms with Gasteiger partial charge in [-0.15, -0.1) is 11.3 Å². The molecule has 2 atom stereocenters. The van der Waals surface area contributed by atoms with E-state index in [4.69, 9.17) is 9.56 Å². The van der Waals surface area contributed by atoms with Crippen LogP contribution in [0.3, 0.4) is 0 Å². The minimum Gasteiger partial charge on any atom is -0.414 e. The molecule has 3 N–H and O–H groups in total. The van der Waals surface area contributed by atoms with Crippen LogP contribution in [0.15, 0.2) is 19.7 Å². The quantitative estimate of drug-likeness (QED) is 0.531. The third-order valence-corrected chi connectivity index (χ3v) is 19.7. The summed E-state index contributed by atoms with van der Waals surface area (Å²) < 4.78 is 24.6. The first kappa shape index (κ1) is 26.0. The normalized spacial score (nSPS) is 18.5. The maximum atomic E-state index is 13.2. The Morgan fingerprint density at radius 1 is 1.11 bits per heavy atom. The average molecular weight is 465 g/mol. The Bertz CT molecular complexity index is 810. The zero-order valence-electron chi connectivity index (χ0n) is 19.5. The first-order valence-corrected chi connectivity index (χ1v) is 18.0. The van der Waals surface area contributed by atoms with Gasteiger partial charge in [0.05, 0.1) is 6.61 Å². The number of rotatable bonds is 6. The number of hydrogen-bond donors (Lipinski definition) is 2. The highest BCUT2D eigenvalue weighted by atomic mass is 32.2. The summed E-state index contributed by atoms with van der Waals surface area (Å²) in [6, 6.07) is 1.73. The van der Waals surface area contributed by atoms with E-state index >= 15 is 0 Å². The largest absolute Gasteiger partial charge is 0.414 e. The van der Waals surface area contributed by atoms with E-state index in [0.29, 0.717) is 9.77 Å². The van der Waals surface area contributed by atoms with Crippen molar-refractivity contribution in [2.45, 2.75) is 94.5 Å². The minimum absolute atomic E-state index is 0.0440. The summed E-state index contributed by atoms with van der Waals surface area (Å²) in [4.78, 5) is 0. The summed E-state index contributed by atoms with van der Waals surface area (Å²) in [5.41, 5.74) is -0.494. The van der Waals surface area contributed by atoms with E-state index in [1.165, 1.54) is 11.3 Å². The van der Waals surface area contributed by atoms with Gasteiger partial charge in [-0.3, -0.25) is 4.03 Å². The third-order valence-electron chi connectivity index (χ3n) is 6.21. The Hall–Kier alpha value is -0.0362. The summed E-state index contributed by atoms with van der Waals surface area (Å²) in [7, 11) is -7.15. The molecule has 9 heteroatoms. The van der Waals surface area contributed by atoms with Crippen LogP contribution in [0.4, 0.5) is 0 Å². The lowest BCUT2D eigenvalue weighted by Gasteiger charge is -2.38. The molecule has 0 bridgehead atoms. The maximum absolute atomic E-state index is 13.2. The highest BCUT2D eigenvalue weighted by Crippen LogP contribution is 2.40. The molecule has 1 heterocycles. The molecule has 1 aromatic rings. The third kappa shape index (κ3) is 5.99. The summed E-state index contributed by atoms with van der Waals surface area (Å²) in [5, 5.41) is 19.0. The van der Waals surface area contributed by atoms with Crippen LogP contribution in [-0.2, 0) is 19.9 Å². The molecule has 0 aliphatic carbocycles. The molecule has 0 aliphatic heterocycles. The summed E-state index contributed by atoms with van der Waals surface area (Å²) in [6.07, 6.45) is 0. The van der Waals surface area contributed by atoms with Crippen LogP contribution in [0.5, 0.6) is 0 Å². The van der Waals surface area contributed by atoms with Crippen LogP contribution >= 0.6 is 11.3 Å². The van der Waals surface area contributed by atoms with E-state index in [0.717, 1.165) is 0 Å². The number of nitrogens with two attached hydrogens (primary N) is 1. The van der Waals surface area contributed by atoms with Crippen LogP contribution < -0.4 is 5.14 Å². The van der Waals surface area contributed by atoms with Crippen LogP contribution in [0, 0.1) is 0 Å². The molecule has 164 valence electrons. The van der Waals surface area contributed by atoms with Gasteiger partial charge in [0.2, 0.25) is 0 Å². The van der Waals surface area contributed by atoms with E-state index in [2.05, 4.69) is 71.8 Å². The van der Waals surface area contributed by atoms with Crippen molar-refractivity contribution in [1.82, 2.24) is 0 Å². The van der Waals surface area contributed by atoms with E-state index in [-0.39, 0.29) is 16.7 Å². The van der Waals surface area contributed by atoms with Crippen molar-refractivity contribution in [3.63, 3.8) is 0 Å². The lowest BCUT2D eigenvalue weighted by atomic mass is 10.0. The molecule has 1 aromatic heterocycles. The zero-order valence-corrected chi connectivity index (χ0v) is 23.1. The molecule has 0 saturated carbocycles. The van der Waals surface area contributed by atoms with Gasteiger partial charge in [0.15, 0.2) is 16.6 Å². The van der Waals surface area contributed by atoms with Gasteiger partial charge < -0.3 is 9.53 Å². The van der Waals surface area contributed by atoms with Gasteiger partial charge >= 0.3 is 0 Å². The first-order chi connectivity index (χ1) is 12.1.